The molecule has 1 aromatic carbocycles. The molecule has 0 amide bonds. The summed E-state index contributed by atoms with van der Waals surface area (Å²) in [5, 5.41) is 14.3. The molecule has 0 fully saturated rings. The molecule has 6 heteroatoms. The van der Waals surface area contributed by atoms with Crippen LogP contribution in [0, 0.1) is 30.9 Å². The fourth-order valence-electron chi connectivity index (χ4n) is 1.48. The van der Waals surface area contributed by atoms with Crippen molar-refractivity contribution in [1.29, 1.82) is 0 Å². The van der Waals surface area contributed by atoms with Gasteiger partial charge in [-0.15, -0.1) is 0 Å². The van der Waals surface area contributed by atoms with Gasteiger partial charge in [-0.1, -0.05) is 5.11 Å². The minimum atomic E-state index is -0.419. The van der Waals surface area contributed by atoms with Crippen LogP contribution in [-0.2, 0) is 0 Å². The first-order chi connectivity index (χ1) is 6.99. The van der Waals surface area contributed by atoms with Crippen molar-refractivity contribution in [3.8, 4) is 0 Å². The van der Waals surface area contributed by atoms with Crippen LogP contribution in [0.25, 0.3) is 10.4 Å². The maximum Gasteiger partial charge on any atom is 0.275 e. The molecule has 0 radical (unpaired) electrons. The molecule has 6 nitrogen and oxygen atoms in total. The molecular weight excluding hydrogens is 196 g/mol. The Kier molecular flexibility index (Phi) is 2.92. The predicted octanol–water partition coefficient (Wildman–Crippen LogP) is 3.46. The summed E-state index contributed by atoms with van der Waals surface area (Å²) in [4.78, 5) is 13.0. The molecule has 0 atom stereocenters. The molecule has 0 aromatic heterocycles. The minimum Gasteiger partial charge on any atom is -0.258 e. The Morgan fingerprint density at radius 1 is 1.40 bits per heavy atom. The number of hydrogen-bond acceptors (Lipinski definition) is 3. The summed E-state index contributed by atoms with van der Waals surface area (Å²) in [7, 11) is 0. The molecule has 0 N–H and O–H groups in total. The second-order valence-electron chi connectivity index (χ2n) is 3.26. The fourth-order valence-corrected chi connectivity index (χ4v) is 1.48. The van der Waals surface area contributed by atoms with E-state index in [1.54, 1.807) is 20.8 Å². The van der Waals surface area contributed by atoms with Gasteiger partial charge in [0.05, 0.1) is 4.92 Å². The highest BCUT2D eigenvalue weighted by Gasteiger charge is 2.18. The maximum absolute atomic E-state index is 10.8. The van der Waals surface area contributed by atoms with Gasteiger partial charge < -0.3 is 0 Å². The van der Waals surface area contributed by atoms with Crippen LogP contribution < -0.4 is 0 Å². The molecule has 0 bridgehead atoms. The lowest BCUT2D eigenvalue weighted by Crippen LogP contribution is -1.97. The summed E-state index contributed by atoms with van der Waals surface area (Å²) in [6.07, 6.45) is 0. The minimum absolute atomic E-state index is 0.0874. The van der Waals surface area contributed by atoms with Gasteiger partial charge in [0.2, 0.25) is 0 Å². The molecule has 0 spiro atoms. The van der Waals surface area contributed by atoms with E-state index in [0.717, 1.165) is 0 Å². The largest absolute Gasteiger partial charge is 0.275 e. The fraction of sp³-hybridized carbons (Fsp3) is 0.333. The highest BCUT2D eigenvalue weighted by atomic mass is 16.6. The Morgan fingerprint density at radius 3 is 2.47 bits per heavy atom. The third kappa shape index (κ3) is 1.89. The van der Waals surface area contributed by atoms with E-state index < -0.39 is 4.92 Å². The van der Waals surface area contributed by atoms with Gasteiger partial charge in [-0.05, 0) is 37.9 Å². The standard InChI is InChI=1S/C9H10N4O2/c1-5-4-8(11-12-10)6(2)7(3)9(5)13(14)15/h4H,1-3H3. The summed E-state index contributed by atoms with van der Waals surface area (Å²) in [6, 6.07) is 1.53. The van der Waals surface area contributed by atoms with E-state index in [9.17, 15) is 10.1 Å². The first-order valence-electron chi connectivity index (χ1n) is 4.29. The van der Waals surface area contributed by atoms with E-state index in [0.29, 0.717) is 22.4 Å². The Labute approximate surface area is 86.3 Å². The van der Waals surface area contributed by atoms with Crippen molar-refractivity contribution in [1.82, 2.24) is 0 Å². The van der Waals surface area contributed by atoms with Crippen LogP contribution in [0.2, 0.25) is 0 Å². The highest BCUT2D eigenvalue weighted by molar-refractivity contribution is 5.61. The molecule has 0 aliphatic carbocycles. The van der Waals surface area contributed by atoms with Crippen LogP contribution in [-0.4, -0.2) is 4.92 Å². The first kappa shape index (κ1) is 11.0. The van der Waals surface area contributed by atoms with E-state index in [2.05, 4.69) is 10.0 Å². The molecule has 0 saturated heterocycles. The van der Waals surface area contributed by atoms with E-state index >= 15 is 0 Å². The SMILES string of the molecule is Cc1cc(N=[N+]=[N-])c(C)c(C)c1[N+](=O)[O-]. The number of nitro groups is 1. The molecule has 0 aliphatic heterocycles. The van der Waals surface area contributed by atoms with Gasteiger partial charge in [0.15, 0.2) is 0 Å². The average Bonchev–Trinajstić information content (AvgIpc) is 2.13. The molecule has 15 heavy (non-hydrogen) atoms. The molecule has 78 valence electrons. The quantitative estimate of drug-likeness (QED) is 0.243. The number of rotatable bonds is 2. The summed E-state index contributed by atoms with van der Waals surface area (Å²) in [6.45, 7) is 4.98. The normalized spacial score (nSPS) is 9.53. The zero-order chi connectivity index (χ0) is 11.6. The lowest BCUT2D eigenvalue weighted by molar-refractivity contribution is -0.386. The van der Waals surface area contributed by atoms with Gasteiger partial charge in [0, 0.05) is 21.7 Å². The van der Waals surface area contributed by atoms with Crippen molar-refractivity contribution in [2.24, 2.45) is 5.11 Å². The van der Waals surface area contributed by atoms with E-state index in [1.807, 2.05) is 0 Å². The smallest absolute Gasteiger partial charge is 0.258 e. The van der Waals surface area contributed by atoms with Crippen molar-refractivity contribution >= 4 is 11.4 Å². The molecule has 0 heterocycles. The van der Waals surface area contributed by atoms with Crippen molar-refractivity contribution in [2.75, 3.05) is 0 Å². The van der Waals surface area contributed by atoms with Gasteiger partial charge >= 0.3 is 0 Å². The monoisotopic (exact) mass is 206 g/mol. The maximum atomic E-state index is 10.8. The Bertz CT molecular complexity index is 475. The second-order valence-corrected chi connectivity index (χ2v) is 3.26. The summed E-state index contributed by atoms with van der Waals surface area (Å²) in [5.41, 5.74) is 10.6. The predicted molar refractivity (Wildman–Crippen MR) is 56.1 cm³/mol. The van der Waals surface area contributed by atoms with Crippen LogP contribution in [0.4, 0.5) is 11.4 Å². The van der Waals surface area contributed by atoms with Crippen molar-refractivity contribution < 1.29 is 4.92 Å². The van der Waals surface area contributed by atoms with E-state index in [1.165, 1.54) is 6.07 Å². The van der Waals surface area contributed by atoms with Crippen LogP contribution >= 0.6 is 0 Å². The van der Waals surface area contributed by atoms with Crippen LogP contribution in [0.15, 0.2) is 11.2 Å². The molecule has 1 aromatic rings. The second kappa shape index (κ2) is 3.98. The molecule has 0 aliphatic rings. The van der Waals surface area contributed by atoms with Crippen molar-refractivity contribution in [3.63, 3.8) is 0 Å². The summed E-state index contributed by atoms with van der Waals surface area (Å²) >= 11 is 0. The number of nitro benzene ring substituents is 1. The van der Waals surface area contributed by atoms with Crippen LogP contribution in [0.3, 0.4) is 0 Å². The topological polar surface area (TPSA) is 91.9 Å². The third-order valence-electron chi connectivity index (χ3n) is 2.36. The Hall–Kier alpha value is -2.07. The molecular formula is C9H10N4O2. The number of hydrogen-bond donors (Lipinski definition) is 0. The van der Waals surface area contributed by atoms with Gasteiger partial charge in [-0.2, -0.15) is 0 Å². The van der Waals surface area contributed by atoms with Gasteiger partial charge in [-0.3, -0.25) is 10.1 Å². The van der Waals surface area contributed by atoms with Crippen LogP contribution in [0.1, 0.15) is 16.7 Å². The van der Waals surface area contributed by atoms with E-state index in [-0.39, 0.29) is 5.69 Å². The van der Waals surface area contributed by atoms with Gasteiger partial charge in [0.1, 0.15) is 0 Å². The zero-order valence-corrected chi connectivity index (χ0v) is 8.68. The van der Waals surface area contributed by atoms with E-state index in [4.69, 9.17) is 5.53 Å². The van der Waals surface area contributed by atoms with Gasteiger partial charge in [0.25, 0.3) is 5.69 Å². The number of azide groups is 1. The average molecular weight is 206 g/mol. The Balaban J connectivity index is 3.57. The molecule has 1 rings (SSSR count). The van der Waals surface area contributed by atoms with Crippen molar-refractivity contribution in [2.45, 2.75) is 20.8 Å². The third-order valence-corrected chi connectivity index (χ3v) is 2.36. The zero-order valence-electron chi connectivity index (χ0n) is 8.68. The lowest BCUT2D eigenvalue weighted by atomic mass is 10.0. The number of aryl methyl sites for hydroxylation is 1. The first-order valence-corrected chi connectivity index (χ1v) is 4.29. The summed E-state index contributed by atoms with van der Waals surface area (Å²) < 4.78 is 0. The Morgan fingerprint density at radius 2 is 2.00 bits per heavy atom. The van der Waals surface area contributed by atoms with Crippen LogP contribution in [0.5, 0.6) is 0 Å². The van der Waals surface area contributed by atoms with Gasteiger partial charge in [-0.25, -0.2) is 0 Å². The lowest BCUT2D eigenvalue weighted by Gasteiger charge is -2.07. The van der Waals surface area contributed by atoms with Crippen molar-refractivity contribution in [3.05, 3.63) is 43.3 Å². The summed E-state index contributed by atoms with van der Waals surface area (Å²) in [5.74, 6) is 0. The number of nitrogens with zero attached hydrogens (tertiary/aromatic N) is 4. The molecule has 0 unspecified atom stereocenters. The molecule has 0 saturated carbocycles. The number of benzene rings is 1. The highest BCUT2D eigenvalue weighted by Crippen LogP contribution is 2.32.